The van der Waals surface area contributed by atoms with Crippen molar-refractivity contribution in [1.29, 1.82) is 0 Å². The molecular weight excluding hydrogens is 1170 g/mol. The number of nitrogen functional groups attached to an aromatic ring is 1. The van der Waals surface area contributed by atoms with Crippen molar-refractivity contribution in [2.45, 2.75) is 163 Å². The van der Waals surface area contributed by atoms with E-state index in [1.165, 1.54) is 77.9 Å². The van der Waals surface area contributed by atoms with Crippen LogP contribution in [0.3, 0.4) is 0 Å². The molecule has 4 aliphatic heterocycles. The monoisotopic (exact) mass is 1260 g/mol. The molecule has 90 heavy (non-hydrogen) atoms. The first kappa shape index (κ1) is 70.4. The zero-order valence-electron chi connectivity index (χ0n) is 54.6. The van der Waals surface area contributed by atoms with E-state index in [1.807, 2.05) is 0 Å². The lowest BCUT2D eigenvalue weighted by molar-refractivity contribution is -0.163. The summed E-state index contributed by atoms with van der Waals surface area (Å²) in [7, 11) is 6.87. The smallest absolute Gasteiger partial charge is 0.329 e. The molecule has 492 valence electrons. The van der Waals surface area contributed by atoms with Gasteiger partial charge in [0.15, 0.2) is 11.3 Å². The number of nitrogens with zero attached hydrogens (tertiary/aromatic N) is 7. The molecule has 1 aromatic carbocycles. The number of hydrogen-bond donors (Lipinski definition) is 5. The normalized spacial score (nSPS) is 25.4. The molecule has 6 rings (SSSR count). The third-order valence-electron chi connectivity index (χ3n) is 17.6. The topological polar surface area (TPSA) is 360 Å². The quantitative estimate of drug-likeness (QED) is 0.107. The van der Waals surface area contributed by atoms with Gasteiger partial charge in [-0.1, -0.05) is 74.3 Å². The van der Waals surface area contributed by atoms with E-state index in [9.17, 15) is 52.7 Å². The van der Waals surface area contributed by atoms with E-state index < -0.39 is 191 Å². The number of aromatic nitrogens is 1. The molecule has 0 bridgehead atoms. The number of cyclic esters (lactones) is 2. The first-order valence-corrected chi connectivity index (χ1v) is 30.4. The Kier molecular flexibility index (Phi) is 22.5. The van der Waals surface area contributed by atoms with E-state index in [-0.39, 0.29) is 41.0 Å². The van der Waals surface area contributed by atoms with Gasteiger partial charge in [-0.3, -0.25) is 52.7 Å². The number of fused-ring (bicyclic) bond motifs is 3. The minimum atomic E-state index is -1.89. The Morgan fingerprint density at radius 3 is 1.62 bits per heavy atom. The number of anilines is 1. The van der Waals surface area contributed by atoms with Crippen LogP contribution in [0.1, 0.15) is 127 Å². The van der Waals surface area contributed by atoms with Crippen LogP contribution in [0.5, 0.6) is 0 Å². The number of benzene rings is 2. The number of nitrogens with one attached hydrogen (secondary N) is 4. The van der Waals surface area contributed by atoms with Gasteiger partial charge in [0.1, 0.15) is 65.7 Å². The summed E-state index contributed by atoms with van der Waals surface area (Å²) >= 11 is 0. The number of rotatable bonds is 10. The van der Waals surface area contributed by atoms with Crippen LogP contribution in [-0.2, 0) is 57.4 Å². The Hall–Kier alpha value is -8.72. The van der Waals surface area contributed by atoms with Crippen molar-refractivity contribution in [3.63, 3.8) is 0 Å². The van der Waals surface area contributed by atoms with Crippen molar-refractivity contribution in [2.24, 2.45) is 23.7 Å². The van der Waals surface area contributed by atoms with Crippen LogP contribution < -0.4 is 32.4 Å². The Morgan fingerprint density at radius 1 is 0.656 bits per heavy atom. The fourth-order valence-electron chi connectivity index (χ4n) is 11.5. The van der Waals surface area contributed by atoms with Gasteiger partial charge in [0.05, 0.1) is 36.4 Å². The van der Waals surface area contributed by atoms with Crippen LogP contribution in [0.15, 0.2) is 21.3 Å². The molecule has 5 aliphatic rings. The minimum absolute atomic E-state index is 0.0781. The van der Waals surface area contributed by atoms with Crippen molar-refractivity contribution in [1.82, 2.24) is 55.7 Å². The third-order valence-corrected chi connectivity index (χ3v) is 17.6. The lowest BCUT2D eigenvalue weighted by Crippen LogP contribution is -2.61. The summed E-state index contributed by atoms with van der Waals surface area (Å²) in [5.74, 6) is -12.5. The second-order valence-electron chi connectivity index (χ2n) is 24.9. The number of amides is 10. The van der Waals surface area contributed by atoms with E-state index in [0.29, 0.717) is 24.8 Å². The van der Waals surface area contributed by atoms with Gasteiger partial charge in [0.25, 0.3) is 11.8 Å². The largest absolute Gasteiger partial charge is 0.458 e. The zero-order valence-corrected chi connectivity index (χ0v) is 54.6. The fourth-order valence-corrected chi connectivity index (χ4v) is 11.5. The average Bonchev–Trinajstić information content (AvgIpc) is 0.822. The average molecular weight is 1260 g/mol. The number of likely N-dealkylation sites (N-methyl/N-ethyl adjacent to an activating group) is 5. The zero-order chi connectivity index (χ0) is 67.4. The molecule has 0 radical (unpaired) electrons. The predicted octanol–water partition coefficient (Wildman–Crippen LogP) is 0.973. The van der Waals surface area contributed by atoms with Gasteiger partial charge >= 0.3 is 11.9 Å². The molecular formula is C62H88N12O16. The number of ether oxygens (including phenoxy) is 2. The standard InChI is InChI=1S/C62H88N12O16/c1-18-30(7)43-59(84)71(15)25-38(75)69(13)26-39(76)72(16)49(28(3)4)61(86)89-35(12)46(57(82)65-43)68-55(80)41-42(63)51(78)33(10)53-48(41)64-47-36(23-22-32(9)52(47)90-53)54(79)67-45-34(11)88-62(87)50(29(5)6)73(17)40(77)27-70(14)58(83)37-21-20-24-74(37)60(85)44(31(8)19-2)66-56(45)81/h22-23,28-31,34-35,37,43-46,49-50H,18-21,24-27,63H2,1-17H3,(H,65,82)(H,66,81)(H,67,79)(H,68,80). The van der Waals surface area contributed by atoms with E-state index in [2.05, 4.69) is 21.3 Å². The van der Waals surface area contributed by atoms with E-state index >= 15 is 9.59 Å². The predicted molar refractivity (Wildman–Crippen MR) is 328 cm³/mol. The summed E-state index contributed by atoms with van der Waals surface area (Å²) in [6.07, 6.45) is -1.66. The molecule has 11 atom stereocenters. The maximum absolute atomic E-state index is 15.2. The maximum Gasteiger partial charge on any atom is 0.329 e. The lowest BCUT2D eigenvalue weighted by Gasteiger charge is -2.36. The van der Waals surface area contributed by atoms with Crippen LogP contribution in [-0.4, -0.2) is 221 Å². The molecule has 0 spiro atoms. The molecule has 11 unspecified atom stereocenters. The highest BCUT2D eigenvalue weighted by molar-refractivity contribution is 6.10. The molecule has 0 aromatic heterocycles. The van der Waals surface area contributed by atoms with Gasteiger partial charge < -0.3 is 70.3 Å². The van der Waals surface area contributed by atoms with E-state index in [1.54, 1.807) is 62.3 Å². The van der Waals surface area contributed by atoms with Gasteiger partial charge in [-0.2, -0.15) is 0 Å². The van der Waals surface area contributed by atoms with Crippen LogP contribution in [0.4, 0.5) is 5.69 Å². The highest BCUT2D eigenvalue weighted by Gasteiger charge is 2.45. The number of carbonyl (C=O) groups excluding carboxylic acids is 12. The first-order valence-electron chi connectivity index (χ1n) is 30.4. The summed E-state index contributed by atoms with van der Waals surface area (Å²) in [5, 5.41) is 10.7. The van der Waals surface area contributed by atoms with E-state index in [4.69, 9.17) is 24.6 Å². The number of hydrogen-bond acceptors (Lipinski definition) is 18. The van der Waals surface area contributed by atoms with Crippen molar-refractivity contribution < 1.29 is 71.4 Å². The van der Waals surface area contributed by atoms with E-state index in [0.717, 1.165) is 19.6 Å². The number of esters is 2. The number of aryl methyl sites for hydroxylation is 1. The molecule has 4 heterocycles. The van der Waals surface area contributed by atoms with Crippen LogP contribution in [0.2, 0.25) is 0 Å². The number of nitrogens with two attached hydrogens (primary N) is 1. The van der Waals surface area contributed by atoms with Gasteiger partial charge in [-0.05, 0) is 75.8 Å². The number of carbonyl (C=O) groups is 12. The van der Waals surface area contributed by atoms with Gasteiger partial charge in [0, 0.05) is 47.3 Å². The Morgan fingerprint density at radius 2 is 1.12 bits per heavy atom. The maximum atomic E-state index is 15.2. The van der Waals surface area contributed by atoms with Crippen molar-refractivity contribution >= 4 is 87.8 Å². The second kappa shape index (κ2) is 28.8. The molecule has 3 saturated heterocycles. The Bertz CT molecular complexity index is 3370. The highest BCUT2D eigenvalue weighted by Crippen LogP contribution is 2.35. The molecule has 28 nitrogen and oxygen atoms in total. The van der Waals surface area contributed by atoms with Crippen molar-refractivity contribution in [3.05, 3.63) is 44.6 Å². The van der Waals surface area contributed by atoms with Gasteiger partial charge in [-0.25, -0.2) is 14.6 Å². The highest BCUT2D eigenvalue weighted by atomic mass is 16.6. The summed E-state index contributed by atoms with van der Waals surface area (Å²) in [6.45, 7) is 18.0. The molecule has 6 N–H and O–H groups in total. The summed E-state index contributed by atoms with van der Waals surface area (Å²) < 4.78 is 18.3. The van der Waals surface area contributed by atoms with Crippen LogP contribution in [0, 0.1) is 37.5 Å². The molecule has 3 fully saturated rings. The molecule has 0 saturated carbocycles. The third kappa shape index (κ3) is 14.6. The SMILES string of the molecule is CCC(C)C1NC(=O)C(NC(=O)c2c3nc4c(C(=O)NC5C(=O)NC(C(C)CC)C(=O)N6CCCC6C(=O)N(C)CC(=O)N(C)C(C(C)C)C(=O)OC5C)ccc(C)c4oc-3c(C)c(=O)c2N)C(C)OC(=O)C(C(C)C)N(C)C(=O)CN(C)C(=O)CN(C)C1=O. The van der Waals surface area contributed by atoms with Gasteiger partial charge in [-0.15, -0.1) is 0 Å². The Balaban J connectivity index is 1.48. The summed E-state index contributed by atoms with van der Waals surface area (Å²) in [5.41, 5.74) is 3.54. The summed E-state index contributed by atoms with van der Waals surface area (Å²) in [4.78, 5) is 198. The summed E-state index contributed by atoms with van der Waals surface area (Å²) in [6, 6.07) is -6.93. The van der Waals surface area contributed by atoms with Gasteiger partial charge in [0.2, 0.25) is 52.7 Å². The van der Waals surface area contributed by atoms with Crippen LogP contribution in [0.25, 0.3) is 22.6 Å². The fraction of sp³-hybridized carbons (Fsp3) is 0.613. The molecule has 1 aliphatic carbocycles. The minimum Gasteiger partial charge on any atom is -0.458 e. The first-order chi connectivity index (χ1) is 42.1. The lowest BCUT2D eigenvalue weighted by atomic mass is 9.96. The molecule has 28 heteroatoms. The Labute approximate surface area is 523 Å². The van der Waals surface area contributed by atoms with Crippen molar-refractivity contribution in [2.75, 3.05) is 67.2 Å². The molecule has 1 aromatic rings. The molecule has 10 amide bonds. The van der Waals surface area contributed by atoms with Crippen LogP contribution >= 0.6 is 0 Å². The van der Waals surface area contributed by atoms with Crippen molar-refractivity contribution in [3.8, 4) is 11.5 Å². The second-order valence-corrected chi connectivity index (χ2v) is 24.9.